The molecule has 0 aromatic carbocycles. The Morgan fingerprint density at radius 3 is 2.80 bits per heavy atom. The van der Waals surface area contributed by atoms with Gasteiger partial charge in [0.05, 0.1) is 6.61 Å². The Bertz CT molecular complexity index is 304. The van der Waals surface area contributed by atoms with Crippen LogP contribution in [-0.4, -0.2) is 24.2 Å². The number of hydroxylamine groups is 1. The van der Waals surface area contributed by atoms with Gasteiger partial charge in [-0.3, -0.25) is 14.9 Å². The number of hydrogen-bond acceptors (Lipinski definition) is 4. The number of carbonyl (C=O) groups excluding carboxylic acids is 2. The van der Waals surface area contributed by atoms with Crippen molar-refractivity contribution in [2.24, 2.45) is 0 Å². The molecule has 0 aliphatic carbocycles. The molecular formula is C9H14N2O4. The van der Waals surface area contributed by atoms with E-state index in [1.807, 2.05) is 0 Å². The summed E-state index contributed by atoms with van der Waals surface area (Å²) in [6.07, 6.45) is 0.800. The number of rotatable bonds is 1. The third-order valence-electron chi connectivity index (χ3n) is 1.42. The van der Waals surface area contributed by atoms with Gasteiger partial charge in [0.15, 0.2) is 0 Å². The Labute approximate surface area is 87.6 Å². The molecule has 1 aliphatic rings. The van der Waals surface area contributed by atoms with E-state index < -0.39 is 17.6 Å². The van der Waals surface area contributed by atoms with Crippen molar-refractivity contribution in [2.75, 3.05) is 6.61 Å². The van der Waals surface area contributed by atoms with Crippen molar-refractivity contribution >= 4 is 12.0 Å². The summed E-state index contributed by atoms with van der Waals surface area (Å²) in [4.78, 5) is 27.0. The van der Waals surface area contributed by atoms with Gasteiger partial charge in [0.2, 0.25) is 0 Å². The van der Waals surface area contributed by atoms with Crippen LogP contribution in [0, 0.1) is 0 Å². The maximum Gasteiger partial charge on any atom is 0.412 e. The summed E-state index contributed by atoms with van der Waals surface area (Å²) in [5.74, 6) is -0.493. The summed E-state index contributed by atoms with van der Waals surface area (Å²) in [5.41, 5.74) is 1.67. The van der Waals surface area contributed by atoms with Crippen molar-refractivity contribution in [2.45, 2.75) is 26.4 Å². The fraction of sp³-hybridized carbons (Fsp3) is 0.556. The lowest BCUT2D eigenvalue weighted by atomic mass is 10.2. The van der Waals surface area contributed by atoms with Crippen molar-refractivity contribution in [3.05, 3.63) is 11.8 Å². The van der Waals surface area contributed by atoms with Crippen LogP contribution in [0.5, 0.6) is 0 Å². The molecule has 2 N–H and O–H groups in total. The Kier molecular flexibility index (Phi) is 3.31. The average molecular weight is 214 g/mol. The van der Waals surface area contributed by atoms with Crippen LogP contribution in [0.3, 0.4) is 0 Å². The van der Waals surface area contributed by atoms with E-state index in [-0.39, 0.29) is 12.3 Å². The van der Waals surface area contributed by atoms with Crippen LogP contribution >= 0.6 is 0 Å². The molecule has 0 aromatic heterocycles. The molecule has 0 atom stereocenters. The number of alkyl carbamates (subject to hydrolysis) is 1. The summed E-state index contributed by atoms with van der Waals surface area (Å²) in [6.45, 7) is 5.44. The van der Waals surface area contributed by atoms with E-state index in [0.717, 1.165) is 0 Å². The molecule has 0 saturated heterocycles. The molecule has 84 valence electrons. The van der Waals surface area contributed by atoms with Gasteiger partial charge < -0.3 is 4.74 Å². The Hall–Kier alpha value is -1.56. The van der Waals surface area contributed by atoms with Gasteiger partial charge in [-0.05, 0) is 26.8 Å². The topological polar surface area (TPSA) is 76.7 Å². The fourth-order valence-electron chi connectivity index (χ4n) is 0.901. The van der Waals surface area contributed by atoms with E-state index in [1.54, 1.807) is 20.8 Å². The van der Waals surface area contributed by atoms with Crippen LogP contribution in [-0.2, 0) is 14.4 Å². The lowest BCUT2D eigenvalue weighted by Gasteiger charge is -2.21. The van der Waals surface area contributed by atoms with Gasteiger partial charge in [-0.15, -0.1) is 0 Å². The number of amides is 2. The number of hydrogen-bond donors (Lipinski definition) is 2. The first-order chi connectivity index (χ1) is 6.88. The Morgan fingerprint density at radius 1 is 1.60 bits per heavy atom. The van der Waals surface area contributed by atoms with Gasteiger partial charge in [0.1, 0.15) is 11.3 Å². The monoisotopic (exact) mass is 214 g/mol. The van der Waals surface area contributed by atoms with Crippen LogP contribution < -0.4 is 10.8 Å². The van der Waals surface area contributed by atoms with Crippen LogP contribution in [0.4, 0.5) is 4.79 Å². The van der Waals surface area contributed by atoms with Crippen molar-refractivity contribution in [1.82, 2.24) is 10.8 Å². The number of ether oxygens (including phenoxy) is 1. The van der Waals surface area contributed by atoms with Gasteiger partial charge in [-0.2, -0.15) is 0 Å². The molecule has 0 fully saturated rings. The highest BCUT2D eigenvalue weighted by Gasteiger charge is 2.20. The van der Waals surface area contributed by atoms with E-state index in [1.165, 1.54) is 6.08 Å². The second-order valence-electron chi connectivity index (χ2n) is 3.99. The molecule has 15 heavy (non-hydrogen) atoms. The van der Waals surface area contributed by atoms with E-state index in [4.69, 9.17) is 4.74 Å². The Balaban J connectivity index is 2.51. The summed E-state index contributed by atoms with van der Waals surface area (Å²) in [7, 11) is 0. The molecule has 1 aliphatic heterocycles. The number of nitrogens with one attached hydrogen (secondary N) is 2. The van der Waals surface area contributed by atoms with E-state index >= 15 is 0 Å². The highest BCUT2D eigenvalue weighted by atomic mass is 16.7. The lowest BCUT2D eigenvalue weighted by Crippen LogP contribution is -2.40. The van der Waals surface area contributed by atoms with Crippen molar-refractivity contribution in [3.63, 3.8) is 0 Å². The first-order valence-electron chi connectivity index (χ1n) is 4.51. The predicted molar refractivity (Wildman–Crippen MR) is 51.5 cm³/mol. The number of carbonyl (C=O) groups is 2. The van der Waals surface area contributed by atoms with Crippen molar-refractivity contribution < 1.29 is 19.2 Å². The van der Waals surface area contributed by atoms with Crippen LogP contribution in [0.1, 0.15) is 20.8 Å². The molecule has 0 unspecified atom stereocenters. The van der Waals surface area contributed by atoms with E-state index in [2.05, 4.69) is 15.6 Å². The average Bonchev–Trinajstić information content (AvgIpc) is 2.05. The normalized spacial score (nSPS) is 16.5. The van der Waals surface area contributed by atoms with E-state index in [9.17, 15) is 9.59 Å². The molecule has 0 spiro atoms. The molecule has 1 heterocycles. The van der Waals surface area contributed by atoms with Gasteiger partial charge >= 0.3 is 6.09 Å². The lowest BCUT2D eigenvalue weighted by molar-refractivity contribution is -0.130. The van der Waals surface area contributed by atoms with Gasteiger partial charge in [-0.1, -0.05) is 0 Å². The standard InChI is InChI=1S/C9H14N2O4/c1-9(2,3)15-8(13)10-6-4-5-14-11-7(6)12/h4H,5H2,1-3H3,(H,10,13)(H,11,12). The van der Waals surface area contributed by atoms with Crippen LogP contribution in [0.15, 0.2) is 11.8 Å². The minimum absolute atomic E-state index is 0.135. The minimum Gasteiger partial charge on any atom is -0.444 e. The Morgan fingerprint density at radius 2 is 2.27 bits per heavy atom. The first kappa shape index (κ1) is 11.5. The highest BCUT2D eigenvalue weighted by Crippen LogP contribution is 2.07. The highest BCUT2D eigenvalue weighted by molar-refractivity contribution is 5.96. The second kappa shape index (κ2) is 4.31. The van der Waals surface area contributed by atoms with Crippen molar-refractivity contribution in [1.29, 1.82) is 0 Å². The molecule has 0 radical (unpaired) electrons. The first-order valence-corrected chi connectivity index (χ1v) is 4.51. The maximum atomic E-state index is 11.3. The third-order valence-corrected chi connectivity index (χ3v) is 1.42. The molecule has 0 bridgehead atoms. The zero-order valence-corrected chi connectivity index (χ0v) is 8.92. The summed E-state index contributed by atoms with van der Waals surface area (Å²) < 4.78 is 4.98. The summed E-state index contributed by atoms with van der Waals surface area (Å²) >= 11 is 0. The molecule has 2 amide bonds. The largest absolute Gasteiger partial charge is 0.444 e. The van der Waals surface area contributed by atoms with Gasteiger partial charge in [-0.25, -0.2) is 10.3 Å². The minimum atomic E-state index is -0.661. The third kappa shape index (κ3) is 3.99. The predicted octanol–water partition coefficient (Wildman–Crippen LogP) is 0.456. The molecule has 0 aromatic rings. The molecule has 1 rings (SSSR count). The molecule has 6 heteroatoms. The maximum absolute atomic E-state index is 11.3. The zero-order chi connectivity index (χ0) is 11.5. The fourth-order valence-corrected chi connectivity index (χ4v) is 0.901. The van der Waals surface area contributed by atoms with Crippen molar-refractivity contribution in [3.8, 4) is 0 Å². The van der Waals surface area contributed by atoms with E-state index in [0.29, 0.717) is 0 Å². The van der Waals surface area contributed by atoms with Gasteiger partial charge in [0, 0.05) is 0 Å². The van der Waals surface area contributed by atoms with Gasteiger partial charge in [0.25, 0.3) is 5.91 Å². The summed E-state index contributed by atoms with van der Waals surface area (Å²) in [5, 5.41) is 2.33. The molecule has 6 nitrogen and oxygen atoms in total. The quantitative estimate of drug-likeness (QED) is 0.664. The second-order valence-corrected chi connectivity index (χ2v) is 3.99. The molecular weight excluding hydrogens is 200 g/mol. The molecule has 0 saturated carbocycles. The zero-order valence-electron chi connectivity index (χ0n) is 8.92. The SMILES string of the molecule is CC(C)(C)OC(=O)NC1=CCONC1=O. The van der Waals surface area contributed by atoms with Crippen LogP contribution in [0.25, 0.3) is 0 Å². The summed E-state index contributed by atoms with van der Waals surface area (Å²) in [6, 6.07) is 0. The smallest absolute Gasteiger partial charge is 0.412 e. The van der Waals surface area contributed by atoms with Crippen LogP contribution in [0.2, 0.25) is 0 Å².